The predicted molar refractivity (Wildman–Crippen MR) is 68.8 cm³/mol. The molecule has 3 amide bonds. The Morgan fingerprint density at radius 2 is 2.20 bits per heavy atom. The molecule has 1 N–H and O–H groups in total. The smallest absolute Gasteiger partial charge is 0.258 e. The van der Waals surface area contributed by atoms with Crippen LogP contribution in [0.15, 0.2) is 30.6 Å². The Balaban J connectivity index is 1.99. The summed E-state index contributed by atoms with van der Waals surface area (Å²) < 4.78 is 1.57. The van der Waals surface area contributed by atoms with E-state index in [9.17, 15) is 14.4 Å². The summed E-state index contributed by atoms with van der Waals surface area (Å²) in [5.41, 5.74) is 1.02. The first kappa shape index (κ1) is 12.3. The Labute approximate surface area is 114 Å². The number of aromatic nitrogens is 2. The van der Waals surface area contributed by atoms with Crippen LogP contribution in [-0.2, 0) is 9.59 Å². The van der Waals surface area contributed by atoms with Gasteiger partial charge >= 0.3 is 0 Å². The number of amides is 3. The molecule has 20 heavy (non-hydrogen) atoms. The number of hydrogen-bond acceptors (Lipinski definition) is 4. The number of piperazine rings is 1. The van der Waals surface area contributed by atoms with Crippen molar-refractivity contribution in [1.29, 1.82) is 0 Å². The van der Waals surface area contributed by atoms with E-state index in [0.717, 1.165) is 0 Å². The quantitative estimate of drug-likeness (QED) is 0.730. The second kappa shape index (κ2) is 4.44. The van der Waals surface area contributed by atoms with Gasteiger partial charge in [0.05, 0.1) is 17.3 Å². The number of imide groups is 1. The maximum atomic E-state index is 12.5. The van der Waals surface area contributed by atoms with Crippen molar-refractivity contribution in [2.24, 2.45) is 0 Å². The van der Waals surface area contributed by atoms with E-state index in [1.165, 1.54) is 11.1 Å². The van der Waals surface area contributed by atoms with Crippen LogP contribution in [0.3, 0.4) is 0 Å². The monoisotopic (exact) mass is 272 g/mol. The van der Waals surface area contributed by atoms with Gasteiger partial charge in [-0.05, 0) is 19.1 Å². The summed E-state index contributed by atoms with van der Waals surface area (Å²) in [6, 6.07) is 4.68. The number of hydrogen-bond donors (Lipinski definition) is 1. The fourth-order valence-electron chi connectivity index (χ4n) is 2.22. The minimum Gasteiger partial charge on any atom is -0.317 e. The molecule has 1 fully saturated rings. The van der Waals surface area contributed by atoms with Gasteiger partial charge in [-0.2, -0.15) is 5.10 Å². The van der Waals surface area contributed by atoms with Gasteiger partial charge in [0.1, 0.15) is 12.6 Å². The normalized spacial score (nSPS) is 19.2. The molecule has 0 aromatic carbocycles. The van der Waals surface area contributed by atoms with Crippen molar-refractivity contribution < 1.29 is 14.4 Å². The first-order chi connectivity index (χ1) is 9.58. The number of nitrogens with one attached hydrogen (secondary N) is 1. The molecule has 1 unspecified atom stereocenters. The molecule has 3 rings (SSSR count). The van der Waals surface area contributed by atoms with Crippen molar-refractivity contribution in [3.63, 3.8) is 0 Å². The lowest BCUT2D eigenvalue weighted by atomic mass is 10.1. The van der Waals surface area contributed by atoms with E-state index in [-0.39, 0.29) is 12.5 Å². The fraction of sp³-hybridized carbons (Fsp3) is 0.231. The summed E-state index contributed by atoms with van der Waals surface area (Å²) >= 11 is 0. The number of carbonyl (C=O) groups excluding carboxylic acids is 3. The molecule has 1 saturated heterocycles. The number of fused-ring (bicyclic) bond motifs is 1. The van der Waals surface area contributed by atoms with E-state index in [2.05, 4.69) is 10.4 Å². The van der Waals surface area contributed by atoms with Gasteiger partial charge < -0.3 is 4.90 Å². The molecule has 0 spiro atoms. The van der Waals surface area contributed by atoms with E-state index in [4.69, 9.17) is 0 Å². The van der Waals surface area contributed by atoms with Crippen molar-refractivity contribution in [3.8, 4) is 0 Å². The molecule has 1 aliphatic rings. The van der Waals surface area contributed by atoms with Gasteiger partial charge in [-0.15, -0.1) is 0 Å². The zero-order valence-electron chi connectivity index (χ0n) is 10.7. The topological polar surface area (TPSA) is 83.8 Å². The molecule has 2 aromatic rings. The van der Waals surface area contributed by atoms with Gasteiger partial charge in [0.2, 0.25) is 11.8 Å². The molecule has 7 heteroatoms. The minimum atomic E-state index is -0.682. The molecule has 0 bridgehead atoms. The lowest BCUT2D eigenvalue weighted by Crippen LogP contribution is -2.58. The molecule has 0 saturated carbocycles. The Morgan fingerprint density at radius 3 is 3.00 bits per heavy atom. The number of pyridine rings is 1. The highest BCUT2D eigenvalue weighted by Crippen LogP contribution is 2.16. The maximum Gasteiger partial charge on any atom is 0.258 e. The summed E-state index contributed by atoms with van der Waals surface area (Å²) in [4.78, 5) is 36.8. The summed E-state index contributed by atoms with van der Waals surface area (Å²) in [7, 11) is 0. The predicted octanol–water partition coefficient (Wildman–Crippen LogP) is -0.179. The van der Waals surface area contributed by atoms with Crippen LogP contribution in [-0.4, -0.2) is 44.8 Å². The Bertz CT molecular complexity index is 721. The first-order valence-corrected chi connectivity index (χ1v) is 6.15. The Hall–Kier alpha value is -2.70. The van der Waals surface area contributed by atoms with Crippen LogP contribution >= 0.6 is 0 Å². The van der Waals surface area contributed by atoms with Crippen LogP contribution in [0, 0.1) is 0 Å². The maximum absolute atomic E-state index is 12.5. The number of rotatable bonds is 1. The highest BCUT2D eigenvalue weighted by atomic mass is 16.2. The third kappa shape index (κ3) is 1.83. The second-order valence-electron chi connectivity index (χ2n) is 4.61. The molecule has 2 aromatic heterocycles. The van der Waals surface area contributed by atoms with Crippen LogP contribution in [0.5, 0.6) is 0 Å². The van der Waals surface area contributed by atoms with E-state index < -0.39 is 17.9 Å². The Kier molecular flexibility index (Phi) is 2.74. The minimum absolute atomic E-state index is 0.129. The van der Waals surface area contributed by atoms with E-state index >= 15 is 0 Å². The van der Waals surface area contributed by atoms with Crippen molar-refractivity contribution >= 4 is 23.2 Å². The number of nitrogens with zero attached hydrogens (tertiary/aromatic N) is 3. The second-order valence-corrected chi connectivity index (χ2v) is 4.61. The highest BCUT2D eigenvalue weighted by Gasteiger charge is 2.34. The molecule has 1 atom stereocenters. The van der Waals surface area contributed by atoms with E-state index in [0.29, 0.717) is 11.1 Å². The van der Waals surface area contributed by atoms with Crippen molar-refractivity contribution in [2.45, 2.75) is 13.0 Å². The largest absolute Gasteiger partial charge is 0.317 e. The van der Waals surface area contributed by atoms with Crippen LogP contribution < -0.4 is 5.32 Å². The van der Waals surface area contributed by atoms with E-state index in [1.807, 2.05) is 0 Å². The van der Waals surface area contributed by atoms with Gasteiger partial charge in [-0.1, -0.05) is 6.07 Å². The molecule has 0 radical (unpaired) electrons. The fourth-order valence-corrected chi connectivity index (χ4v) is 2.22. The van der Waals surface area contributed by atoms with Crippen LogP contribution in [0.4, 0.5) is 0 Å². The highest BCUT2D eigenvalue weighted by molar-refractivity contribution is 6.09. The molecule has 3 heterocycles. The first-order valence-electron chi connectivity index (χ1n) is 6.15. The van der Waals surface area contributed by atoms with Gasteiger partial charge in [-0.3, -0.25) is 19.7 Å². The molecular formula is C13H12N4O3. The molecular weight excluding hydrogens is 260 g/mol. The average molecular weight is 272 g/mol. The zero-order chi connectivity index (χ0) is 14.3. The summed E-state index contributed by atoms with van der Waals surface area (Å²) in [6.07, 6.45) is 3.17. The van der Waals surface area contributed by atoms with Gasteiger partial charge in [-0.25, -0.2) is 4.52 Å². The van der Waals surface area contributed by atoms with Gasteiger partial charge in [0.15, 0.2) is 0 Å². The summed E-state index contributed by atoms with van der Waals surface area (Å²) in [5, 5.41) is 6.29. The Morgan fingerprint density at radius 1 is 1.40 bits per heavy atom. The lowest BCUT2D eigenvalue weighted by Gasteiger charge is -2.31. The summed E-state index contributed by atoms with van der Waals surface area (Å²) in [6.45, 7) is 1.46. The standard InChI is InChI=1S/C13H12N4O3/c1-8-12(19)15-11(18)7-16(8)13(20)9-6-14-17-5-3-2-4-10(9)17/h2-6,8H,7H2,1H3,(H,15,18,19). The molecule has 1 aliphatic heterocycles. The number of carbonyl (C=O) groups is 3. The van der Waals surface area contributed by atoms with Gasteiger partial charge in [0, 0.05) is 6.20 Å². The van der Waals surface area contributed by atoms with Crippen molar-refractivity contribution in [3.05, 3.63) is 36.2 Å². The van der Waals surface area contributed by atoms with Crippen LogP contribution in [0.25, 0.3) is 5.52 Å². The molecule has 7 nitrogen and oxygen atoms in total. The van der Waals surface area contributed by atoms with Crippen LogP contribution in [0.1, 0.15) is 17.3 Å². The van der Waals surface area contributed by atoms with Crippen molar-refractivity contribution in [1.82, 2.24) is 19.8 Å². The van der Waals surface area contributed by atoms with Crippen LogP contribution in [0.2, 0.25) is 0 Å². The van der Waals surface area contributed by atoms with Gasteiger partial charge in [0.25, 0.3) is 5.91 Å². The van der Waals surface area contributed by atoms with E-state index in [1.54, 1.807) is 35.8 Å². The average Bonchev–Trinajstić information content (AvgIpc) is 2.86. The molecule has 0 aliphatic carbocycles. The zero-order valence-corrected chi connectivity index (χ0v) is 10.7. The summed E-state index contributed by atoms with van der Waals surface area (Å²) in [5.74, 6) is -1.31. The SMILES string of the molecule is CC1C(=O)NC(=O)CN1C(=O)c1cnn2ccccc12. The van der Waals surface area contributed by atoms with Crippen molar-refractivity contribution in [2.75, 3.05) is 6.54 Å². The third-order valence-electron chi connectivity index (χ3n) is 3.34. The lowest BCUT2D eigenvalue weighted by molar-refractivity contribution is -0.138. The third-order valence-corrected chi connectivity index (χ3v) is 3.34. The molecule has 102 valence electrons.